The van der Waals surface area contributed by atoms with Gasteiger partial charge in [-0.25, -0.2) is 0 Å². The van der Waals surface area contributed by atoms with Gasteiger partial charge in [0.25, 0.3) is 0 Å². The van der Waals surface area contributed by atoms with Gasteiger partial charge in [-0.3, -0.25) is 0 Å². The number of nitrogens with one attached hydrogen (secondary N) is 1. The van der Waals surface area contributed by atoms with Crippen LogP contribution in [0.2, 0.25) is 5.02 Å². The van der Waals surface area contributed by atoms with Crippen molar-refractivity contribution in [3.63, 3.8) is 0 Å². The monoisotopic (exact) mass is 316 g/mol. The summed E-state index contributed by atoms with van der Waals surface area (Å²) in [6, 6.07) is 6.21. The zero-order valence-corrected chi connectivity index (χ0v) is 12.3. The van der Waals surface area contributed by atoms with Crippen molar-refractivity contribution >= 4 is 27.5 Å². The van der Waals surface area contributed by atoms with E-state index in [9.17, 15) is 0 Å². The second-order valence-electron chi connectivity index (χ2n) is 4.84. The standard InChI is InChI=1S/C13H18BrClN2/c1-8-4-10(8)7-17-13(6-16)9-2-3-12(15)11(14)5-9/h2-3,5,8,10,13,17H,4,6-7,16H2,1H3. The summed E-state index contributed by atoms with van der Waals surface area (Å²) in [5.74, 6) is 1.71. The van der Waals surface area contributed by atoms with Crippen LogP contribution >= 0.6 is 27.5 Å². The zero-order valence-electron chi connectivity index (χ0n) is 9.92. The number of rotatable bonds is 5. The summed E-state index contributed by atoms with van der Waals surface area (Å²) >= 11 is 9.43. The van der Waals surface area contributed by atoms with Crippen LogP contribution in [0.3, 0.4) is 0 Å². The van der Waals surface area contributed by atoms with Crippen LogP contribution in [0, 0.1) is 11.8 Å². The van der Waals surface area contributed by atoms with Crippen LogP contribution in [0.5, 0.6) is 0 Å². The SMILES string of the molecule is CC1CC1CNC(CN)c1ccc(Cl)c(Br)c1. The molecular weight excluding hydrogens is 300 g/mol. The molecule has 0 saturated heterocycles. The Hall–Kier alpha value is -0.0900. The highest BCUT2D eigenvalue weighted by atomic mass is 79.9. The number of hydrogen-bond donors (Lipinski definition) is 2. The lowest BCUT2D eigenvalue weighted by Gasteiger charge is -2.18. The third kappa shape index (κ3) is 3.44. The maximum absolute atomic E-state index is 5.99. The largest absolute Gasteiger partial charge is 0.329 e. The predicted molar refractivity (Wildman–Crippen MR) is 76.2 cm³/mol. The first kappa shape index (κ1) is 13.3. The van der Waals surface area contributed by atoms with Crippen molar-refractivity contribution in [2.24, 2.45) is 17.6 Å². The normalized spacial score (nSPS) is 24.7. The minimum absolute atomic E-state index is 0.219. The van der Waals surface area contributed by atoms with Crippen molar-refractivity contribution in [2.45, 2.75) is 19.4 Å². The van der Waals surface area contributed by atoms with Crippen molar-refractivity contribution in [1.82, 2.24) is 5.32 Å². The van der Waals surface area contributed by atoms with Gasteiger partial charge in [0.2, 0.25) is 0 Å². The van der Waals surface area contributed by atoms with Crippen LogP contribution in [0.1, 0.15) is 24.9 Å². The van der Waals surface area contributed by atoms with Crippen molar-refractivity contribution in [1.29, 1.82) is 0 Å². The van der Waals surface area contributed by atoms with Crippen LogP contribution in [0.4, 0.5) is 0 Å². The second-order valence-corrected chi connectivity index (χ2v) is 6.10. The predicted octanol–water partition coefficient (Wildman–Crippen LogP) is 3.35. The molecule has 1 aromatic rings. The molecule has 0 aliphatic heterocycles. The third-order valence-electron chi connectivity index (χ3n) is 3.48. The van der Waals surface area contributed by atoms with E-state index in [2.05, 4.69) is 28.2 Å². The molecule has 0 radical (unpaired) electrons. The molecule has 1 fully saturated rings. The molecule has 4 heteroatoms. The van der Waals surface area contributed by atoms with Crippen LogP contribution in [-0.4, -0.2) is 13.1 Å². The molecule has 2 nitrogen and oxygen atoms in total. The van der Waals surface area contributed by atoms with Gasteiger partial charge in [-0.2, -0.15) is 0 Å². The quantitative estimate of drug-likeness (QED) is 0.874. The number of halogens is 2. The first-order valence-corrected chi connectivity index (χ1v) is 7.17. The molecule has 1 aliphatic rings. The first-order valence-electron chi connectivity index (χ1n) is 6.00. The third-order valence-corrected chi connectivity index (χ3v) is 4.70. The molecule has 3 unspecified atom stereocenters. The highest BCUT2D eigenvalue weighted by Gasteiger charge is 2.32. The Morgan fingerprint density at radius 1 is 1.59 bits per heavy atom. The molecule has 1 saturated carbocycles. The Labute approximate surface area is 116 Å². The van der Waals surface area contributed by atoms with Gasteiger partial charge in [-0.1, -0.05) is 24.6 Å². The molecule has 0 bridgehead atoms. The second kappa shape index (κ2) is 5.70. The van der Waals surface area contributed by atoms with E-state index in [0.717, 1.165) is 27.9 Å². The lowest BCUT2D eigenvalue weighted by Crippen LogP contribution is -2.30. The molecule has 0 aromatic heterocycles. The van der Waals surface area contributed by atoms with Crippen molar-refractivity contribution < 1.29 is 0 Å². The number of benzene rings is 1. The van der Waals surface area contributed by atoms with Gasteiger partial charge in [0, 0.05) is 17.1 Å². The molecule has 1 aliphatic carbocycles. The van der Waals surface area contributed by atoms with Gasteiger partial charge in [0.15, 0.2) is 0 Å². The van der Waals surface area contributed by atoms with Crippen molar-refractivity contribution in [3.8, 4) is 0 Å². The smallest absolute Gasteiger partial charge is 0.0548 e. The minimum Gasteiger partial charge on any atom is -0.329 e. The number of nitrogens with two attached hydrogens (primary N) is 1. The summed E-state index contributed by atoms with van der Waals surface area (Å²) < 4.78 is 0.928. The van der Waals surface area contributed by atoms with Gasteiger partial charge in [0.1, 0.15) is 0 Å². The van der Waals surface area contributed by atoms with Crippen molar-refractivity contribution in [2.75, 3.05) is 13.1 Å². The van der Waals surface area contributed by atoms with Gasteiger partial charge in [-0.05, 0) is 58.4 Å². The Morgan fingerprint density at radius 3 is 2.82 bits per heavy atom. The summed E-state index contributed by atoms with van der Waals surface area (Å²) in [4.78, 5) is 0. The summed E-state index contributed by atoms with van der Waals surface area (Å²) in [7, 11) is 0. The summed E-state index contributed by atoms with van der Waals surface area (Å²) in [6.45, 7) is 3.96. The van der Waals surface area contributed by atoms with E-state index in [0.29, 0.717) is 6.54 Å². The van der Waals surface area contributed by atoms with Crippen LogP contribution in [-0.2, 0) is 0 Å². The van der Waals surface area contributed by atoms with E-state index in [1.165, 1.54) is 12.0 Å². The molecule has 1 aromatic carbocycles. The van der Waals surface area contributed by atoms with Gasteiger partial charge in [0.05, 0.1) is 5.02 Å². The van der Waals surface area contributed by atoms with Crippen LogP contribution < -0.4 is 11.1 Å². The summed E-state index contributed by atoms with van der Waals surface area (Å²) in [6.07, 6.45) is 1.34. The number of hydrogen-bond acceptors (Lipinski definition) is 2. The lowest BCUT2D eigenvalue weighted by atomic mass is 10.1. The van der Waals surface area contributed by atoms with E-state index in [4.69, 9.17) is 17.3 Å². The van der Waals surface area contributed by atoms with Crippen molar-refractivity contribution in [3.05, 3.63) is 33.3 Å². The van der Waals surface area contributed by atoms with E-state index in [1.54, 1.807) is 0 Å². The first-order chi connectivity index (χ1) is 8.11. The van der Waals surface area contributed by atoms with Gasteiger partial charge < -0.3 is 11.1 Å². The van der Waals surface area contributed by atoms with E-state index < -0.39 is 0 Å². The Balaban J connectivity index is 1.98. The topological polar surface area (TPSA) is 38.0 Å². The molecular formula is C13H18BrClN2. The van der Waals surface area contributed by atoms with Crippen LogP contribution in [0.15, 0.2) is 22.7 Å². The maximum Gasteiger partial charge on any atom is 0.0548 e. The molecule has 2 rings (SSSR count). The average molecular weight is 318 g/mol. The van der Waals surface area contributed by atoms with E-state index >= 15 is 0 Å². The zero-order chi connectivity index (χ0) is 12.4. The van der Waals surface area contributed by atoms with E-state index in [1.807, 2.05) is 18.2 Å². The van der Waals surface area contributed by atoms with Crippen LogP contribution in [0.25, 0.3) is 0 Å². The molecule has 0 heterocycles. The highest BCUT2D eigenvalue weighted by Crippen LogP contribution is 2.37. The summed E-state index contributed by atoms with van der Waals surface area (Å²) in [5, 5.41) is 4.27. The van der Waals surface area contributed by atoms with E-state index in [-0.39, 0.29) is 6.04 Å². The molecule has 3 N–H and O–H groups in total. The Bertz CT molecular complexity index is 397. The molecule has 0 spiro atoms. The highest BCUT2D eigenvalue weighted by molar-refractivity contribution is 9.10. The molecule has 0 amide bonds. The molecule has 3 atom stereocenters. The fraction of sp³-hybridized carbons (Fsp3) is 0.538. The average Bonchev–Trinajstić information content (AvgIpc) is 3.00. The Kier molecular flexibility index (Phi) is 4.47. The Morgan fingerprint density at radius 2 is 2.29 bits per heavy atom. The summed E-state index contributed by atoms with van der Waals surface area (Å²) in [5.41, 5.74) is 7.02. The molecule has 17 heavy (non-hydrogen) atoms. The molecule has 94 valence electrons. The minimum atomic E-state index is 0.219. The maximum atomic E-state index is 5.99. The fourth-order valence-corrected chi connectivity index (χ4v) is 2.56. The van der Waals surface area contributed by atoms with Gasteiger partial charge >= 0.3 is 0 Å². The fourth-order valence-electron chi connectivity index (χ4n) is 2.04. The van der Waals surface area contributed by atoms with Gasteiger partial charge in [-0.15, -0.1) is 0 Å². The lowest BCUT2D eigenvalue weighted by molar-refractivity contribution is 0.511.